The molecule has 0 saturated carbocycles. The summed E-state index contributed by atoms with van der Waals surface area (Å²) in [5, 5.41) is 14.9. The summed E-state index contributed by atoms with van der Waals surface area (Å²) < 4.78 is 7.57. The van der Waals surface area contributed by atoms with Crippen molar-refractivity contribution in [1.29, 1.82) is 0 Å². The molecule has 9 nitrogen and oxygen atoms in total. The monoisotopic (exact) mass is 380 g/mol. The Hall–Kier alpha value is -3.04. The van der Waals surface area contributed by atoms with Crippen LogP contribution in [0.15, 0.2) is 48.8 Å². The molecule has 146 valence electrons. The molecule has 3 heterocycles. The van der Waals surface area contributed by atoms with Crippen LogP contribution in [0.4, 0.5) is 11.8 Å². The third-order valence-corrected chi connectivity index (χ3v) is 4.92. The highest BCUT2D eigenvalue weighted by Crippen LogP contribution is 2.21. The van der Waals surface area contributed by atoms with Gasteiger partial charge in [-0.3, -0.25) is 0 Å². The van der Waals surface area contributed by atoms with Gasteiger partial charge in [0.15, 0.2) is 0 Å². The Labute approximate surface area is 163 Å². The van der Waals surface area contributed by atoms with E-state index in [1.807, 2.05) is 48.1 Å². The van der Waals surface area contributed by atoms with E-state index < -0.39 is 0 Å². The lowest BCUT2D eigenvalue weighted by Crippen LogP contribution is -2.40. The van der Waals surface area contributed by atoms with Crippen LogP contribution in [0.5, 0.6) is 0 Å². The summed E-state index contributed by atoms with van der Waals surface area (Å²) >= 11 is 0. The first-order valence-corrected chi connectivity index (χ1v) is 9.25. The van der Waals surface area contributed by atoms with Crippen molar-refractivity contribution in [2.45, 2.75) is 18.7 Å². The topological polar surface area (TPSA) is 93.0 Å². The van der Waals surface area contributed by atoms with Crippen LogP contribution >= 0.6 is 0 Å². The van der Waals surface area contributed by atoms with Crippen LogP contribution in [0.25, 0.3) is 5.69 Å². The standard InChI is InChI=1S/C19H24N8O/c1-20-19-21-9-8-18(24-19)26-12-16(17(13-26)28-2)22-10-15-11-23-25-27(15)14-6-4-3-5-7-14/h3-9,11,16-17,22H,10,12-13H2,1-2H3,(H,20,21,24)/t16-,17+/m1/s1. The number of hydrogen-bond donors (Lipinski definition) is 2. The Balaban J connectivity index is 1.44. The normalized spacial score (nSPS) is 19.1. The lowest BCUT2D eigenvalue weighted by atomic mass is 10.2. The smallest absolute Gasteiger partial charge is 0.224 e. The van der Waals surface area contributed by atoms with E-state index in [4.69, 9.17) is 4.74 Å². The van der Waals surface area contributed by atoms with Gasteiger partial charge in [0.05, 0.1) is 29.7 Å². The number of nitrogens with zero attached hydrogens (tertiary/aromatic N) is 6. The molecule has 0 radical (unpaired) electrons. The van der Waals surface area contributed by atoms with Crippen molar-refractivity contribution in [3.05, 3.63) is 54.5 Å². The van der Waals surface area contributed by atoms with Gasteiger partial charge in [0.2, 0.25) is 5.95 Å². The van der Waals surface area contributed by atoms with Crippen molar-refractivity contribution in [1.82, 2.24) is 30.3 Å². The molecule has 3 aromatic rings. The maximum atomic E-state index is 5.72. The van der Waals surface area contributed by atoms with Gasteiger partial charge in [0, 0.05) is 40.0 Å². The SMILES string of the molecule is CNc1nccc(N2C[C@H](OC)[C@H](NCc3cnnn3-c3ccccc3)C2)n1. The maximum Gasteiger partial charge on any atom is 0.224 e. The number of ether oxygens (including phenoxy) is 1. The van der Waals surface area contributed by atoms with Crippen LogP contribution in [-0.4, -0.2) is 64.4 Å². The minimum Gasteiger partial charge on any atom is -0.378 e. The van der Waals surface area contributed by atoms with Crippen LogP contribution < -0.4 is 15.5 Å². The van der Waals surface area contributed by atoms with Crippen molar-refractivity contribution < 1.29 is 4.74 Å². The minimum absolute atomic E-state index is 0.0639. The van der Waals surface area contributed by atoms with Gasteiger partial charge < -0.3 is 20.3 Å². The minimum atomic E-state index is 0.0639. The molecule has 28 heavy (non-hydrogen) atoms. The van der Waals surface area contributed by atoms with Crippen molar-refractivity contribution in [2.75, 3.05) is 37.5 Å². The summed E-state index contributed by atoms with van der Waals surface area (Å²) in [5.41, 5.74) is 1.99. The average molecular weight is 380 g/mol. The fraction of sp³-hybridized carbons (Fsp3) is 0.368. The lowest BCUT2D eigenvalue weighted by Gasteiger charge is -2.18. The average Bonchev–Trinajstić information content (AvgIpc) is 3.39. The molecule has 2 aromatic heterocycles. The number of para-hydroxylation sites is 1. The Morgan fingerprint density at radius 3 is 2.82 bits per heavy atom. The molecule has 2 atom stereocenters. The predicted octanol–water partition coefficient (Wildman–Crippen LogP) is 1.09. The van der Waals surface area contributed by atoms with E-state index in [0.717, 1.165) is 30.3 Å². The number of aromatic nitrogens is 5. The molecule has 9 heteroatoms. The molecule has 1 aliphatic heterocycles. The van der Waals surface area contributed by atoms with Crippen LogP contribution in [-0.2, 0) is 11.3 Å². The van der Waals surface area contributed by atoms with E-state index in [0.29, 0.717) is 12.5 Å². The number of anilines is 2. The van der Waals surface area contributed by atoms with Gasteiger partial charge in [-0.15, -0.1) is 5.10 Å². The van der Waals surface area contributed by atoms with E-state index in [2.05, 4.69) is 35.8 Å². The van der Waals surface area contributed by atoms with Crippen molar-refractivity contribution in [2.24, 2.45) is 0 Å². The van der Waals surface area contributed by atoms with Gasteiger partial charge in [-0.25, -0.2) is 9.67 Å². The maximum absolute atomic E-state index is 5.72. The molecule has 1 fully saturated rings. The Kier molecular flexibility index (Phi) is 5.45. The largest absolute Gasteiger partial charge is 0.378 e. The highest BCUT2D eigenvalue weighted by Gasteiger charge is 2.33. The highest BCUT2D eigenvalue weighted by atomic mass is 16.5. The number of benzene rings is 1. The van der Waals surface area contributed by atoms with E-state index in [-0.39, 0.29) is 12.1 Å². The fourth-order valence-corrected chi connectivity index (χ4v) is 3.44. The lowest BCUT2D eigenvalue weighted by molar-refractivity contribution is 0.0965. The van der Waals surface area contributed by atoms with E-state index in [1.54, 1.807) is 19.5 Å². The number of methoxy groups -OCH3 is 1. The van der Waals surface area contributed by atoms with Gasteiger partial charge in [-0.1, -0.05) is 23.4 Å². The van der Waals surface area contributed by atoms with E-state index in [9.17, 15) is 0 Å². The molecular formula is C19H24N8O. The Morgan fingerprint density at radius 2 is 2.04 bits per heavy atom. The first-order valence-electron chi connectivity index (χ1n) is 9.25. The molecule has 0 aliphatic carbocycles. The van der Waals surface area contributed by atoms with Gasteiger partial charge >= 0.3 is 0 Å². The first kappa shape index (κ1) is 18.3. The summed E-state index contributed by atoms with van der Waals surface area (Å²) in [6.07, 6.45) is 3.62. The van der Waals surface area contributed by atoms with Crippen molar-refractivity contribution in [3.63, 3.8) is 0 Å². The zero-order chi connectivity index (χ0) is 19.3. The second-order valence-electron chi connectivity index (χ2n) is 6.63. The van der Waals surface area contributed by atoms with Crippen LogP contribution in [0.1, 0.15) is 5.69 Å². The number of nitrogens with one attached hydrogen (secondary N) is 2. The van der Waals surface area contributed by atoms with Gasteiger partial charge in [-0.05, 0) is 18.2 Å². The zero-order valence-corrected chi connectivity index (χ0v) is 16.0. The molecule has 2 N–H and O–H groups in total. The van der Waals surface area contributed by atoms with Crippen LogP contribution in [0, 0.1) is 0 Å². The third-order valence-electron chi connectivity index (χ3n) is 4.92. The molecule has 0 unspecified atom stereocenters. The molecule has 1 saturated heterocycles. The van der Waals surface area contributed by atoms with E-state index in [1.165, 1.54) is 0 Å². The molecule has 1 aliphatic rings. The molecular weight excluding hydrogens is 356 g/mol. The first-order chi connectivity index (χ1) is 13.8. The fourth-order valence-electron chi connectivity index (χ4n) is 3.44. The zero-order valence-electron chi connectivity index (χ0n) is 16.0. The predicted molar refractivity (Wildman–Crippen MR) is 107 cm³/mol. The third kappa shape index (κ3) is 3.80. The van der Waals surface area contributed by atoms with Crippen molar-refractivity contribution >= 4 is 11.8 Å². The summed E-state index contributed by atoms with van der Waals surface area (Å²) in [6, 6.07) is 12.1. The van der Waals surface area contributed by atoms with Crippen molar-refractivity contribution in [3.8, 4) is 5.69 Å². The number of rotatable bonds is 7. The van der Waals surface area contributed by atoms with E-state index >= 15 is 0 Å². The summed E-state index contributed by atoms with van der Waals surface area (Å²) in [6.45, 7) is 2.21. The summed E-state index contributed by atoms with van der Waals surface area (Å²) in [7, 11) is 3.56. The Morgan fingerprint density at radius 1 is 1.18 bits per heavy atom. The van der Waals surface area contributed by atoms with Gasteiger partial charge in [0.25, 0.3) is 0 Å². The van der Waals surface area contributed by atoms with Gasteiger partial charge in [-0.2, -0.15) is 4.98 Å². The second-order valence-corrected chi connectivity index (χ2v) is 6.63. The molecule has 0 spiro atoms. The Bertz CT molecular complexity index is 900. The second kappa shape index (κ2) is 8.32. The molecule has 0 bridgehead atoms. The summed E-state index contributed by atoms with van der Waals surface area (Å²) in [4.78, 5) is 10.9. The molecule has 0 amide bonds. The quantitative estimate of drug-likeness (QED) is 0.629. The van der Waals surface area contributed by atoms with Crippen LogP contribution in [0.3, 0.4) is 0 Å². The highest BCUT2D eigenvalue weighted by molar-refractivity contribution is 5.44. The summed E-state index contributed by atoms with van der Waals surface area (Å²) in [5.74, 6) is 1.50. The van der Waals surface area contributed by atoms with Gasteiger partial charge in [0.1, 0.15) is 5.82 Å². The molecule has 4 rings (SSSR count). The molecule has 1 aromatic carbocycles. The number of hydrogen-bond acceptors (Lipinski definition) is 8. The van der Waals surface area contributed by atoms with Crippen LogP contribution in [0.2, 0.25) is 0 Å².